The number of carbonyl (C=O) groups is 1. The minimum atomic E-state index is -4.75. The van der Waals surface area contributed by atoms with Crippen LogP contribution in [-0.4, -0.2) is 32.8 Å². The quantitative estimate of drug-likeness (QED) is 0.545. The van der Waals surface area contributed by atoms with Crippen molar-refractivity contribution in [3.8, 4) is 5.75 Å². The third-order valence-corrected chi connectivity index (χ3v) is 5.38. The first-order valence-electron chi connectivity index (χ1n) is 8.08. The molecule has 3 rings (SSSR count). The van der Waals surface area contributed by atoms with E-state index in [1.165, 1.54) is 28.8 Å². The largest absolute Gasteiger partial charge is 0.573 e. The molecule has 6 nitrogen and oxygen atoms in total. The Balaban J connectivity index is 1.47. The van der Waals surface area contributed by atoms with Crippen LogP contribution in [0.4, 0.5) is 18.9 Å². The van der Waals surface area contributed by atoms with Gasteiger partial charge >= 0.3 is 6.36 Å². The zero-order valence-electron chi connectivity index (χ0n) is 14.3. The van der Waals surface area contributed by atoms with Crippen LogP contribution in [0.2, 0.25) is 0 Å². The predicted octanol–water partition coefficient (Wildman–Crippen LogP) is 4.21. The number of aromatic nitrogens is 3. The van der Waals surface area contributed by atoms with E-state index in [9.17, 15) is 18.0 Å². The molecular formula is C17H15F3N4O2S2. The van der Waals surface area contributed by atoms with Crippen LogP contribution >= 0.6 is 23.1 Å². The number of alkyl halides is 3. The molecule has 0 saturated carbocycles. The molecule has 1 amide bonds. The molecule has 0 radical (unpaired) electrons. The summed E-state index contributed by atoms with van der Waals surface area (Å²) in [5.41, 5.74) is 0.374. The Morgan fingerprint density at radius 3 is 2.71 bits per heavy atom. The van der Waals surface area contributed by atoms with Crippen molar-refractivity contribution in [2.24, 2.45) is 0 Å². The summed E-state index contributed by atoms with van der Waals surface area (Å²) in [6.45, 7) is 0.706. The van der Waals surface area contributed by atoms with Crippen LogP contribution in [-0.2, 0) is 17.8 Å². The van der Waals surface area contributed by atoms with Gasteiger partial charge in [0.1, 0.15) is 12.1 Å². The fourth-order valence-corrected chi connectivity index (χ4v) is 3.70. The fraction of sp³-hybridized carbons (Fsp3) is 0.235. The molecule has 0 spiro atoms. The van der Waals surface area contributed by atoms with Gasteiger partial charge in [0.25, 0.3) is 0 Å². The van der Waals surface area contributed by atoms with Gasteiger partial charge < -0.3 is 14.6 Å². The molecule has 1 N–H and O–H groups in total. The molecule has 148 valence electrons. The average molecular weight is 428 g/mol. The number of hydrogen-bond donors (Lipinski definition) is 1. The Hall–Kier alpha value is -2.53. The topological polar surface area (TPSA) is 69.0 Å². The van der Waals surface area contributed by atoms with Gasteiger partial charge in [0.2, 0.25) is 5.91 Å². The van der Waals surface area contributed by atoms with E-state index in [2.05, 4.69) is 26.3 Å². The summed E-state index contributed by atoms with van der Waals surface area (Å²) in [5, 5.41) is 13.2. The van der Waals surface area contributed by atoms with Gasteiger partial charge in [0.05, 0.1) is 5.75 Å². The van der Waals surface area contributed by atoms with Crippen molar-refractivity contribution in [2.45, 2.75) is 24.5 Å². The summed E-state index contributed by atoms with van der Waals surface area (Å²) in [7, 11) is 0. The van der Waals surface area contributed by atoms with Crippen LogP contribution in [0, 0.1) is 0 Å². The Kier molecular flexibility index (Phi) is 6.57. The fourth-order valence-electron chi connectivity index (χ4n) is 2.26. The van der Waals surface area contributed by atoms with Gasteiger partial charge in [-0.25, -0.2) is 0 Å². The van der Waals surface area contributed by atoms with Gasteiger partial charge in [0, 0.05) is 17.1 Å². The first-order valence-corrected chi connectivity index (χ1v) is 9.94. The number of nitrogens with one attached hydrogen (secondary N) is 1. The van der Waals surface area contributed by atoms with E-state index in [4.69, 9.17) is 0 Å². The molecule has 2 aromatic heterocycles. The smallest absolute Gasteiger partial charge is 0.406 e. The van der Waals surface area contributed by atoms with Gasteiger partial charge in [-0.1, -0.05) is 17.8 Å². The second-order valence-electron chi connectivity index (χ2n) is 5.55. The molecule has 0 aliphatic rings. The van der Waals surface area contributed by atoms with E-state index in [0.29, 0.717) is 17.4 Å². The van der Waals surface area contributed by atoms with Crippen LogP contribution in [0.3, 0.4) is 0 Å². The first-order chi connectivity index (χ1) is 13.4. The molecule has 0 bridgehead atoms. The molecule has 2 heterocycles. The van der Waals surface area contributed by atoms with Crippen molar-refractivity contribution in [1.29, 1.82) is 0 Å². The number of aryl methyl sites for hydroxylation is 2. The number of amides is 1. The van der Waals surface area contributed by atoms with Crippen LogP contribution < -0.4 is 10.1 Å². The second kappa shape index (κ2) is 9.11. The summed E-state index contributed by atoms with van der Waals surface area (Å²) in [6.07, 6.45) is -2.28. The number of ether oxygens (including phenoxy) is 1. The van der Waals surface area contributed by atoms with Gasteiger partial charge in [-0.3, -0.25) is 4.79 Å². The summed E-state index contributed by atoms with van der Waals surface area (Å²) in [6, 6.07) is 9.00. The Morgan fingerprint density at radius 2 is 2.04 bits per heavy atom. The van der Waals surface area contributed by atoms with Gasteiger partial charge in [-0.15, -0.1) is 34.7 Å². The van der Waals surface area contributed by atoms with E-state index in [0.717, 1.165) is 18.6 Å². The zero-order valence-corrected chi connectivity index (χ0v) is 16.0. The lowest BCUT2D eigenvalue weighted by atomic mass is 10.3. The molecular weight excluding hydrogens is 413 g/mol. The third-order valence-electron chi connectivity index (χ3n) is 3.46. The molecule has 0 aliphatic carbocycles. The second-order valence-corrected chi connectivity index (χ2v) is 7.52. The number of carbonyl (C=O) groups excluding carboxylic acids is 1. The van der Waals surface area contributed by atoms with Crippen LogP contribution in [0.25, 0.3) is 0 Å². The van der Waals surface area contributed by atoms with E-state index < -0.39 is 6.36 Å². The number of benzene rings is 1. The van der Waals surface area contributed by atoms with Gasteiger partial charge in [0.15, 0.2) is 5.16 Å². The highest BCUT2D eigenvalue weighted by atomic mass is 32.2. The molecule has 1 aromatic carbocycles. The maximum absolute atomic E-state index is 12.1. The van der Waals surface area contributed by atoms with Crippen molar-refractivity contribution in [3.63, 3.8) is 0 Å². The molecule has 0 atom stereocenters. The highest BCUT2D eigenvalue weighted by molar-refractivity contribution is 7.99. The van der Waals surface area contributed by atoms with E-state index in [1.54, 1.807) is 17.7 Å². The maximum atomic E-state index is 12.1. The summed E-state index contributed by atoms with van der Waals surface area (Å²) < 4.78 is 42.1. The molecule has 28 heavy (non-hydrogen) atoms. The van der Waals surface area contributed by atoms with Crippen LogP contribution in [0.15, 0.2) is 53.3 Å². The van der Waals surface area contributed by atoms with Crippen LogP contribution in [0.5, 0.6) is 5.75 Å². The monoisotopic (exact) mass is 428 g/mol. The number of hydrogen-bond acceptors (Lipinski definition) is 6. The highest BCUT2D eigenvalue weighted by Crippen LogP contribution is 2.24. The van der Waals surface area contributed by atoms with E-state index >= 15 is 0 Å². The number of nitrogens with zero attached hydrogens (tertiary/aromatic N) is 3. The minimum absolute atomic E-state index is 0.0957. The standard InChI is InChI=1S/C17H15F3N4O2S2/c18-17(19,20)26-13-5-3-12(4-6-13)22-15(25)10-28-16-23-21-11-24(16)8-7-14-2-1-9-27-14/h1-6,9,11H,7-8,10H2,(H,22,25). The lowest BCUT2D eigenvalue weighted by Gasteiger charge is -2.10. The van der Waals surface area contributed by atoms with E-state index in [-0.39, 0.29) is 17.4 Å². The summed E-state index contributed by atoms with van der Waals surface area (Å²) >= 11 is 2.91. The van der Waals surface area contributed by atoms with Gasteiger partial charge in [-0.2, -0.15) is 0 Å². The Bertz CT molecular complexity index is 896. The molecule has 11 heteroatoms. The number of thioether (sulfide) groups is 1. The van der Waals surface area contributed by atoms with Crippen molar-refractivity contribution in [2.75, 3.05) is 11.1 Å². The lowest BCUT2D eigenvalue weighted by molar-refractivity contribution is -0.274. The first kappa shape index (κ1) is 20.2. The van der Waals surface area contributed by atoms with Crippen molar-refractivity contribution < 1.29 is 22.7 Å². The van der Waals surface area contributed by atoms with Crippen LogP contribution in [0.1, 0.15) is 4.88 Å². The summed E-state index contributed by atoms with van der Waals surface area (Å²) in [4.78, 5) is 13.3. The number of halogens is 3. The van der Waals surface area contributed by atoms with Gasteiger partial charge in [-0.05, 0) is 42.1 Å². The molecule has 0 unspecified atom stereocenters. The zero-order chi connectivity index (χ0) is 20.0. The minimum Gasteiger partial charge on any atom is -0.406 e. The molecule has 3 aromatic rings. The Morgan fingerprint density at radius 1 is 1.25 bits per heavy atom. The molecule has 0 fully saturated rings. The molecule has 0 aliphatic heterocycles. The highest BCUT2D eigenvalue weighted by Gasteiger charge is 2.30. The molecule has 0 saturated heterocycles. The normalized spacial score (nSPS) is 11.4. The van der Waals surface area contributed by atoms with Crippen molar-refractivity contribution in [1.82, 2.24) is 14.8 Å². The van der Waals surface area contributed by atoms with E-state index in [1.807, 2.05) is 16.0 Å². The number of thiophene rings is 1. The van der Waals surface area contributed by atoms with Crippen molar-refractivity contribution in [3.05, 3.63) is 53.0 Å². The maximum Gasteiger partial charge on any atom is 0.573 e. The lowest BCUT2D eigenvalue weighted by Crippen LogP contribution is -2.17. The Labute approximate surface area is 166 Å². The third kappa shape index (κ3) is 6.27. The average Bonchev–Trinajstić information content (AvgIpc) is 3.30. The summed E-state index contributed by atoms with van der Waals surface area (Å²) in [5.74, 6) is -0.556. The predicted molar refractivity (Wildman–Crippen MR) is 101 cm³/mol. The van der Waals surface area contributed by atoms with Crippen molar-refractivity contribution >= 4 is 34.7 Å². The number of anilines is 1. The SMILES string of the molecule is O=C(CSc1nncn1CCc1cccs1)Nc1ccc(OC(F)(F)F)cc1. The number of rotatable bonds is 8.